The third-order valence-corrected chi connectivity index (χ3v) is 2.97. The molecule has 0 spiro atoms. The Bertz CT molecular complexity index is 616. The molecular formula is C14H11BrFNO3. The van der Waals surface area contributed by atoms with Gasteiger partial charge in [-0.3, -0.25) is 0 Å². The molecule has 0 bridgehead atoms. The van der Waals surface area contributed by atoms with Crippen LogP contribution in [0, 0.1) is 5.82 Å². The van der Waals surface area contributed by atoms with Crippen molar-refractivity contribution in [2.45, 2.75) is 6.92 Å². The van der Waals surface area contributed by atoms with Crippen LogP contribution in [0.4, 0.5) is 4.39 Å². The molecule has 4 nitrogen and oxygen atoms in total. The van der Waals surface area contributed by atoms with E-state index >= 15 is 0 Å². The highest BCUT2D eigenvalue weighted by Crippen LogP contribution is 2.25. The second kappa shape index (κ2) is 6.47. The standard InChI is InChI=1S/C14H11BrFNO3/c1-2-19-14(18)9-3-6-13(17-8-9)20-10-4-5-12(16)11(15)7-10/h3-8H,2H2,1H3. The second-order valence-electron chi connectivity index (χ2n) is 3.78. The number of ether oxygens (including phenoxy) is 2. The van der Waals surface area contributed by atoms with Crippen molar-refractivity contribution < 1.29 is 18.7 Å². The summed E-state index contributed by atoms with van der Waals surface area (Å²) in [7, 11) is 0. The molecular weight excluding hydrogens is 329 g/mol. The Hall–Kier alpha value is -1.95. The molecule has 2 rings (SSSR count). The summed E-state index contributed by atoms with van der Waals surface area (Å²) in [5.41, 5.74) is 0.347. The van der Waals surface area contributed by atoms with Gasteiger partial charge in [0.1, 0.15) is 11.6 Å². The summed E-state index contributed by atoms with van der Waals surface area (Å²) >= 11 is 3.07. The maximum atomic E-state index is 13.1. The van der Waals surface area contributed by atoms with Gasteiger partial charge in [0.15, 0.2) is 0 Å². The summed E-state index contributed by atoms with van der Waals surface area (Å²) in [6.45, 7) is 2.04. The lowest BCUT2D eigenvalue weighted by molar-refractivity contribution is 0.0526. The summed E-state index contributed by atoms with van der Waals surface area (Å²) < 4.78 is 23.7. The molecule has 0 radical (unpaired) electrons. The Morgan fingerprint density at radius 3 is 2.75 bits per heavy atom. The van der Waals surface area contributed by atoms with Crippen molar-refractivity contribution in [1.82, 2.24) is 4.98 Å². The average molecular weight is 340 g/mol. The Kier molecular flexibility index (Phi) is 4.68. The van der Waals surface area contributed by atoms with Crippen molar-refractivity contribution >= 4 is 21.9 Å². The van der Waals surface area contributed by atoms with Crippen LogP contribution >= 0.6 is 15.9 Å². The summed E-state index contributed by atoms with van der Waals surface area (Å²) in [6, 6.07) is 7.37. The van der Waals surface area contributed by atoms with E-state index in [0.717, 1.165) is 0 Å². The topological polar surface area (TPSA) is 48.4 Å². The maximum absolute atomic E-state index is 13.1. The highest BCUT2D eigenvalue weighted by molar-refractivity contribution is 9.10. The number of rotatable bonds is 4. The van der Waals surface area contributed by atoms with Gasteiger partial charge in [-0.1, -0.05) is 0 Å². The molecule has 0 N–H and O–H groups in total. The first-order chi connectivity index (χ1) is 9.60. The van der Waals surface area contributed by atoms with Crippen LogP contribution in [0.2, 0.25) is 0 Å². The molecule has 0 fully saturated rings. The third kappa shape index (κ3) is 3.54. The summed E-state index contributed by atoms with van der Waals surface area (Å²) in [6.07, 6.45) is 1.37. The number of esters is 1. The fraction of sp³-hybridized carbons (Fsp3) is 0.143. The Balaban J connectivity index is 2.10. The van der Waals surface area contributed by atoms with Gasteiger partial charge in [0.25, 0.3) is 0 Å². The number of pyridine rings is 1. The number of aromatic nitrogens is 1. The normalized spacial score (nSPS) is 10.2. The van der Waals surface area contributed by atoms with E-state index in [2.05, 4.69) is 20.9 Å². The van der Waals surface area contributed by atoms with Crippen LogP contribution in [0.3, 0.4) is 0 Å². The molecule has 0 aliphatic heterocycles. The van der Waals surface area contributed by atoms with E-state index in [4.69, 9.17) is 9.47 Å². The number of nitrogens with zero attached hydrogens (tertiary/aromatic N) is 1. The van der Waals surface area contributed by atoms with Crippen LogP contribution in [-0.4, -0.2) is 17.6 Å². The average Bonchev–Trinajstić information content (AvgIpc) is 2.44. The zero-order valence-corrected chi connectivity index (χ0v) is 12.2. The summed E-state index contributed by atoms with van der Waals surface area (Å²) in [5, 5.41) is 0. The minimum atomic E-state index is -0.434. The van der Waals surface area contributed by atoms with Gasteiger partial charge in [-0.2, -0.15) is 0 Å². The van der Waals surface area contributed by atoms with Gasteiger partial charge in [-0.15, -0.1) is 0 Å². The molecule has 0 saturated carbocycles. The second-order valence-corrected chi connectivity index (χ2v) is 4.64. The van der Waals surface area contributed by atoms with E-state index in [1.165, 1.54) is 24.4 Å². The molecule has 0 saturated heterocycles. The van der Waals surface area contributed by atoms with Crippen LogP contribution < -0.4 is 4.74 Å². The monoisotopic (exact) mass is 339 g/mol. The molecule has 0 atom stereocenters. The lowest BCUT2D eigenvalue weighted by atomic mass is 10.3. The number of hydrogen-bond acceptors (Lipinski definition) is 4. The van der Waals surface area contributed by atoms with Gasteiger partial charge in [0.05, 0.1) is 16.6 Å². The Morgan fingerprint density at radius 2 is 2.15 bits per heavy atom. The molecule has 1 aromatic carbocycles. The van der Waals surface area contributed by atoms with Gasteiger partial charge < -0.3 is 9.47 Å². The van der Waals surface area contributed by atoms with Gasteiger partial charge in [-0.05, 0) is 47.1 Å². The molecule has 104 valence electrons. The molecule has 6 heteroatoms. The minimum Gasteiger partial charge on any atom is -0.462 e. The predicted molar refractivity (Wildman–Crippen MR) is 74.4 cm³/mol. The first-order valence-electron chi connectivity index (χ1n) is 5.86. The molecule has 0 aliphatic carbocycles. The first kappa shape index (κ1) is 14.5. The van der Waals surface area contributed by atoms with E-state index in [9.17, 15) is 9.18 Å². The molecule has 2 aromatic rings. The van der Waals surface area contributed by atoms with Gasteiger partial charge in [0.2, 0.25) is 5.88 Å². The van der Waals surface area contributed by atoms with Crippen LogP contribution in [-0.2, 0) is 4.74 Å². The molecule has 20 heavy (non-hydrogen) atoms. The summed E-state index contributed by atoms with van der Waals surface area (Å²) in [5.74, 6) is -0.0646. The van der Waals surface area contributed by atoms with E-state index in [-0.39, 0.29) is 5.82 Å². The van der Waals surface area contributed by atoms with Gasteiger partial charge in [-0.25, -0.2) is 14.2 Å². The zero-order valence-electron chi connectivity index (χ0n) is 10.6. The highest BCUT2D eigenvalue weighted by Gasteiger charge is 2.08. The largest absolute Gasteiger partial charge is 0.462 e. The maximum Gasteiger partial charge on any atom is 0.339 e. The van der Waals surface area contributed by atoms with Crippen molar-refractivity contribution in [1.29, 1.82) is 0 Å². The number of halogens is 2. The molecule has 0 aliphatic rings. The van der Waals surface area contributed by atoms with Crippen LogP contribution in [0.5, 0.6) is 11.6 Å². The van der Waals surface area contributed by atoms with Crippen molar-refractivity contribution in [3.05, 3.63) is 52.4 Å². The zero-order chi connectivity index (χ0) is 14.5. The van der Waals surface area contributed by atoms with E-state index < -0.39 is 5.97 Å². The fourth-order valence-electron chi connectivity index (χ4n) is 1.44. The van der Waals surface area contributed by atoms with Crippen LogP contribution in [0.15, 0.2) is 41.0 Å². The Morgan fingerprint density at radius 1 is 1.35 bits per heavy atom. The number of benzene rings is 1. The van der Waals surface area contributed by atoms with E-state index in [1.54, 1.807) is 19.1 Å². The minimum absolute atomic E-state index is 0.302. The molecule has 0 amide bonds. The quantitative estimate of drug-likeness (QED) is 0.791. The molecule has 0 unspecified atom stereocenters. The van der Waals surface area contributed by atoms with E-state index in [1.807, 2.05) is 0 Å². The first-order valence-corrected chi connectivity index (χ1v) is 6.65. The van der Waals surface area contributed by atoms with Crippen molar-refractivity contribution in [3.8, 4) is 11.6 Å². The highest BCUT2D eigenvalue weighted by atomic mass is 79.9. The number of hydrogen-bond donors (Lipinski definition) is 0. The van der Waals surface area contributed by atoms with E-state index in [0.29, 0.717) is 28.3 Å². The van der Waals surface area contributed by atoms with Crippen LogP contribution in [0.25, 0.3) is 0 Å². The molecule has 1 heterocycles. The van der Waals surface area contributed by atoms with Gasteiger partial charge in [0, 0.05) is 12.3 Å². The number of carbonyl (C=O) groups excluding carboxylic acids is 1. The lowest BCUT2D eigenvalue weighted by Gasteiger charge is -2.06. The fourth-order valence-corrected chi connectivity index (χ4v) is 1.79. The lowest BCUT2D eigenvalue weighted by Crippen LogP contribution is -2.04. The predicted octanol–water partition coefficient (Wildman–Crippen LogP) is 3.95. The van der Waals surface area contributed by atoms with Crippen molar-refractivity contribution in [2.75, 3.05) is 6.61 Å². The molecule has 1 aromatic heterocycles. The van der Waals surface area contributed by atoms with Crippen molar-refractivity contribution in [3.63, 3.8) is 0 Å². The van der Waals surface area contributed by atoms with Crippen molar-refractivity contribution in [2.24, 2.45) is 0 Å². The smallest absolute Gasteiger partial charge is 0.339 e. The SMILES string of the molecule is CCOC(=O)c1ccc(Oc2ccc(F)c(Br)c2)nc1. The number of carbonyl (C=O) groups is 1. The third-order valence-electron chi connectivity index (χ3n) is 2.36. The summed E-state index contributed by atoms with van der Waals surface area (Å²) in [4.78, 5) is 15.4. The van der Waals surface area contributed by atoms with Gasteiger partial charge >= 0.3 is 5.97 Å². The Labute approximate surface area is 123 Å². The van der Waals surface area contributed by atoms with Crippen LogP contribution in [0.1, 0.15) is 17.3 Å².